The predicted octanol–water partition coefficient (Wildman–Crippen LogP) is 5.81. The molecule has 0 spiro atoms. The largest absolute Gasteiger partial charge is 0.497 e. The second-order valence-electron chi connectivity index (χ2n) is 6.92. The Kier molecular flexibility index (Phi) is 6.11. The van der Waals surface area contributed by atoms with E-state index in [2.05, 4.69) is 15.5 Å². The van der Waals surface area contributed by atoms with Crippen LogP contribution in [0.2, 0.25) is 10.0 Å². The maximum absolute atomic E-state index is 13.0. The van der Waals surface area contributed by atoms with Crippen molar-refractivity contribution >= 4 is 34.9 Å². The number of carbonyl (C=O) groups excluding carboxylic acids is 1. The van der Waals surface area contributed by atoms with Crippen molar-refractivity contribution < 1.29 is 14.1 Å². The maximum atomic E-state index is 13.0. The van der Waals surface area contributed by atoms with Crippen molar-refractivity contribution in [2.24, 2.45) is 0 Å². The van der Waals surface area contributed by atoms with Crippen LogP contribution in [0.3, 0.4) is 0 Å². The van der Waals surface area contributed by atoms with Crippen LogP contribution >= 0.6 is 23.2 Å². The Balaban J connectivity index is 1.55. The summed E-state index contributed by atoms with van der Waals surface area (Å²) in [5.74, 6) is 1.62. The maximum Gasteiger partial charge on any atom is 0.322 e. The number of nitrogens with one attached hydrogen (secondary N) is 1. The van der Waals surface area contributed by atoms with Gasteiger partial charge in [-0.2, -0.15) is 4.98 Å². The van der Waals surface area contributed by atoms with Gasteiger partial charge < -0.3 is 19.5 Å². The highest BCUT2D eigenvalue weighted by atomic mass is 35.5. The molecule has 0 radical (unpaired) electrons. The van der Waals surface area contributed by atoms with Gasteiger partial charge in [-0.3, -0.25) is 0 Å². The highest BCUT2D eigenvalue weighted by Crippen LogP contribution is 2.34. The number of hydrogen-bond acceptors (Lipinski definition) is 5. The summed E-state index contributed by atoms with van der Waals surface area (Å²) < 4.78 is 10.7. The van der Waals surface area contributed by atoms with E-state index in [1.165, 1.54) is 0 Å². The van der Waals surface area contributed by atoms with Crippen molar-refractivity contribution in [3.8, 4) is 17.1 Å². The molecule has 3 aromatic rings. The Labute approximate surface area is 183 Å². The molecule has 1 unspecified atom stereocenters. The lowest BCUT2D eigenvalue weighted by atomic mass is 10.0. The second kappa shape index (κ2) is 8.93. The van der Waals surface area contributed by atoms with Gasteiger partial charge in [0.05, 0.1) is 22.8 Å². The minimum atomic E-state index is -0.320. The van der Waals surface area contributed by atoms with Gasteiger partial charge in [0, 0.05) is 12.1 Å². The highest BCUT2D eigenvalue weighted by molar-refractivity contribution is 6.39. The molecule has 30 heavy (non-hydrogen) atoms. The van der Waals surface area contributed by atoms with E-state index >= 15 is 0 Å². The van der Waals surface area contributed by atoms with Gasteiger partial charge >= 0.3 is 6.03 Å². The summed E-state index contributed by atoms with van der Waals surface area (Å²) in [5, 5.41) is 7.67. The number of rotatable bonds is 4. The van der Waals surface area contributed by atoms with Crippen molar-refractivity contribution in [2.75, 3.05) is 19.0 Å². The van der Waals surface area contributed by atoms with Crippen LogP contribution < -0.4 is 10.1 Å². The summed E-state index contributed by atoms with van der Waals surface area (Å²) in [6.07, 6.45) is 2.58. The molecule has 2 heterocycles. The number of piperidine rings is 1. The summed E-state index contributed by atoms with van der Waals surface area (Å²) in [5.41, 5.74) is 1.19. The number of benzene rings is 2. The van der Waals surface area contributed by atoms with Gasteiger partial charge in [-0.05, 0) is 55.7 Å². The molecule has 1 saturated heterocycles. The molecule has 9 heteroatoms. The van der Waals surface area contributed by atoms with Crippen molar-refractivity contribution in [2.45, 2.75) is 25.3 Å². The average molecular weight is 447 g/mol. The smallest absolute Gasteiger partial charge is 0.322 e. The van der Waals surface area contributed by atoms with Gasteiger partial charge in [0.1, 0.15) is 11.8 Å². The molecule has 0 saturated carbocycles. The molecule has 7 nitrogen and oxygen atoms in total. The van der Waals surface area contributed by atoms with Crippen molar-refractivity contribution in [3.05, 3.63) is 58.4 Å². The van der Waals surface area contributed by atoms with Crippen LogP contribution in [0.4, 0.5) is 10.5 Å². The van der Waals surface area contributed by atoms with Gasteiger partial charge in [0.2, 0.25) is 11.7 Å². The number of urea groups is 1. The number of nitrogens with zero attached hydrogens (tertiary/aromatic N) is 3. The lowest BCUT2D eigenvalue weighted by Crippen LogP contribution is -2.41. The van der Waals surface area contributed by atoms with Crippen LogP contribution in [0.15, 0.2) is 47.0 Å². The molecule has 1 fully saturated rings. The third kappa shape index (κ3) is 4.22. The van der Waals surface area contributed by atoms with Crippen LogP contribution in [0.25, 0.3) is 11.4 Å². The Morgan fingerprint density at radius 1 is 1.17 bits per heavy atom. The fourth-order valence-corrected chi connectivity index (χ4v) is 3.95. The monoisotopic (exact) mass is 446 g/mol. The summed E-state index contributed by atoms with van der Waals surface area (Å²) in [6, 6.07) is 11.8. The van der Waals surface area contributed by atoms with E-state index in [4.69, 9.17) is 32.5 Å². The lowest BCUT2D eigenvalue weighted by Gasteiger charge is -2.33. The van der Waals surface area contributed by atoms with Crippen molar-refractivity contribution in [3.63, 3.8) is 0 Å². The summed E-state index contributed by atoms with van der Waals surface area (Å²) >= 11 is 12.4. The van der Waals surface area contributed by atoms with E-state index in [-0.39, 0.29) is 12.1 Å². The number of carbonyl (C=O) groups is 1. The Hall–Kier alpha value is -2.77. The zero-order chi connectivity index (χ0) is 21.1. The molecule has 1 aliphatic heterocycles. The number of halogens is 2. The molecule has 2 amide bonds. The van der Waals surface area contributed by atoms with E-state index in [1.54, 1.807) is 30.2 Å². The quantitative estimate of drug-likeness (QED) is 0.546. The predicted molar refractivity (Wildman–Crippen MR) is 115 cm³/mol. The van der Waals surface area contributed by atoms with E-state index < -0.39 is 0 Å². The van der Waals surface area contributed by atoms with Gasteiger partial charge in [0.25, 0.3) is 0 Å². The Morgan fingerprint density at radius 2 is 1.90 bits per heavy atom. The first kappa shape index (κ1) is 20.5. The molecule has 2 aromatic carbocycles. The molecule has 1 aliphatic rings. The third-order valence-corrected chi connectivity index (χ3v) is 5.66. The molecule has 0 bridgehead atoms. The van der Waals surface area contributed by atoms with E-state index in [1.807, 2.05) is 24.3 Å². The van der Waals surface area contributed by atoms with Crippen molar-refractivity contribution in [1.29, 1.82) is 0 Å². The first-order chi connectivity index (χ1) is 14.6. The Bertz CT molecular complexity index is 1020. The van der Waals surface area contributed by atoms with Gasteiger partial charge in [-0.25, -0.2) is 4.79 Å². The normalized spacial score (nSPS) is 16.4. The molecular formula is C21H20Cl2N4O3. The number of para-hydroxylation sites is 1. The van der Waals surface area contributed by atoms with E-state index in [9.17, 15) is 4.79 Å². The highest BCUT2D eigenvalue weighted by Gasteiger charge is 2.33. The number of aromatic nitrogens is 2. The number of methoxy groups -OCH3 is 1. The van der Waals surface area contributed by atoms with E-state index in [0.29, 0.717) is 34.0 Å². The zero-order valence-corrected chi connectivity index (χ0v) is 17.8. The molecule has 156 valence electrons. The van der Waals surface area contributed by atoms with Gasteiger partial charge in [0.15, 0.2) is 0 Å². The zero-order valence-electron chi connectivity index (χ0n) is 16.3. The summed E-state index contributed by atoms with van der Waals surface area (Å²) in [7, 11) is 1.61. The number of hydrogen-bond donors (Lipinski definition) is 1. The van der Waals surface area contributed by atoms with Gasteiger partial charge in [-0.15, -0.1) is 0 Å². The standard InChI is InChI=1S/C21H20Cl2N4O3/c1-29-14-10-8-13(9-11-14)19-25-20(30-26-19)17-7-2-3-12-27(17)21(28)24-18-15(22)5-4-6-16(18)23/h4-6,8-11,17H,2-3,7,12H2,1H3,(H,24,28). The average Bonchev–Trinajstić information content (AvgIpc) is 3.26. The number of amides is 2. The SMILES string of the molecule is COc1ccc(-c2noc(C3CCCCN3C(=O)Nc3c(Cl)cccc3Cl)n2)cc1. The van der Waals surface area contributed by atoms with Crippen molar-refractivity contribution in [1.82, 2.24) is 15.0 Å². The number of anilines is 1. The molecule has 4 rings (SSSR count). The summed E-state index contributed by atoms with van der Waals surface area (Å²) in [4.78, 5) is 19.2. The minimum absolute atomic E-state index is 0.307. The second-order valence-corrected chi connectivity index (χ2v) is 7.73. The van der Waals surface area contributed by atoms with E-state index in [0.717, 1.165) is 30.6 Å². The summed E-state index contributed by atoms with van der Waals surface area (Å²) in [6.45, 7) is 0.568. The molecule has 1 aromatic heterocycles. The number of ether oxygens (including phenoxy) is 1. The fraction of sp³-hybridized carbons (Fsp3) is 0.286. The topological polar surface area (TPSA) is 80.5 Å². The first-order valence-electron chi connectivity index (χ1n) is 9.56. The van der Waals surface area contributed by atoms with Gasteiger partial charge in [-0.1, -0.05) is 34.4 Å². The lowest BCUT2D eigenvalue weighted by molar-refractivity contribution is 0.142. The van der Waals surface area contributed by atoms with Crippen LogP contribution in [0.5, 0.6) is 5.75 Å². The number of likely N-dealkylation sites (tertiary alicyclic amines) is 1. The third-order valence-electron chi connectivity index (χ3n) is 5.03. The van der Waals surface area contributed by atoms with Crippen LogP contribution in [0, 0.1) is 0 Å². The van der Waals surface area contributed by atoms with Crippen LogP contribution in [0.1, 0.15) is 31.2 Å². The first-order valence-corrected chi connectivity index (χ1v) is 10.3. The Morgan fingerprint density at radius 3 is 2.60 bits per heavy atom. The van der Waals surface area contributed by atoms with Crippen LogP contribution in [-0.4, -0.2) is 34.7 Å². The molecular weight excluding hydrogens is 427 g/mol. The fourth-order valence-electron chi connectivity index (χ4n) is 3.46. The minimum Gasteiger partial charge on any atom is -0.497 e. The molecule has 1 atom stereocenters. The molecule has 1 N–H and O–H groups in total. The molecule has 0 aliphatic carbocycles. The van der Waals surface area contributed by atoms with Crippen LogP contribution in [-0.2, 0) is 0 Å².